The number of rotatable bonds is 10. The smallest absolute Gasteiger partial charge is 0.408 e. The highest BCUT2D eigenvalue weighted by molar-refractivity contribution is 7.90. The highest BCUT2D eigenvalue weighted by Gasteiger charge is 2.33. The van der Waals surface area contributed by atoms with Gasteiger partial charge in [-0.2, -0.15) is 0 Å². The highest BCUT2D eigenvalue weighted by Crippen LogP contribution is 2.27. The maximum absolute atomic E-state index is 14.6. The fourth-order valence-corrected chi connectivity index (χ4v) is 5.50. The van der Waals surface area contributed by atoms with E-state index in [1.165, 1.54) is 22.2 Å². The Morgan fingerprint density at radius 2 is 1.72 bits per heavy atom. The number of hydrogen-bond acceptors (Lipinski definition) is 5. The van der Waals surface area contributed by atoms with E-state index in [9.17, 15) is 12.8 Å². The van der Waals surface area contributed by atoms with E-state index in [-0.39, 0.29) is 17.0 Å². The molecule has 0 aliphatic heterocycles. The molecule has 0 atom stereocenters. The van der Waals surface area contributed by atoms with Gasteiger partial charge in [-0.25, -0.2) is 21.8 Å². The molecule has 4 aromatic rings. The van der Waals surface area contributed by atoms with Crippen LogP contribution in [0, 0.1) is 5.82 Å². The molecule has 0 radical (unpaired) electrons. The Kier molecular flexibility index (Phi) is 7.63. The molecular formula is C27H30BFN2O4S. The highest BCUT2D eigenvalue weighted by atomic mass is 32.2. The number of fused-ring (bicyclic) bond motifs is 1. The molecule has 2 heterocycles. The van der Waals surface area contributed by atoms with Crippen LogP contribution in [0.15, 0.2) is 77.8 Å². The van der Waals surface area contributed by atoms with Crippen molar-refractivity contribution in [3.63, 3.8) is 0 Å². The van der Waals surface area contributed by atoms with Crippen LogP contribution >= 0.6 is 0 Å². The van der Waals surface area contributed by atoms with Crippen LogP contribution in [0.5, 0.6) is 0 Å². The number of benzene rings is 2. The predicted molar refractivity (Wildman–Crippen MR) is 140 cm³/mol. The number of halogens is 1. The molecule has 0 amide bonds. The van der Waals surface area contributed by atoms with Crippen molar-refractivity contribution in [1.29, 1.82) is 0 Å². The van der Waals surface area contributed by atoms with Crippen molar-refractivity contribution in [2.75, 3.05) is 6.61 Å². The van der Waals surface area contributed by atoms with E-state index in [1.54, 1.807) is 54.7 Å². The van der Waals surface area contributed by atoms with E-state index < -0.39 is 28.6 Å². The Morgan fingerprint density at radius 3 is 2.39 bits per heavy atom. The van der Waals surface area contributed by atoms with Gasteiger partial charge in [0, 0.05) is 35.9 Å². The van der Waals surface area contributed by atoms with Crippen molar-refractivity contribution in [1.82, 2.24) is 8.96 Å². The van der Waals surface area contributed by atoms with Crippen molar-refractivity contribution in [2.24, 2.45) is 0 Å². The summed E-state index contributed by atoms with van der Waals surface area (Å²) in [5, 5.41) is 0.577. The Labute approximate surface area is 212 Å². The van der Waals surface area contributed by atoms with Crippen molar-refractivity contribution in [3.8, 4) is 0 Å². The van der Waals surface area contributed by atoms with Crippen LogP contribution in [0.2, 0.25) is 0 Å². The van der Waals surface area contributed by atoms with Gasteiger partial charge in [0.25, 0.3) is 10.0 Å². The predicted octanol–water partition coefficient (Wildman–Crippen LogP) is 4.94. The van der Waals surface area contributed by atoms with E-state index in [1.807, 2.05) is 27.7 Å². The van der Waals surface area contributed by atoms with E-state index >= 15 is 0 Å². The summed E-state index contributed by atoms with van der Waals surface area (Å²) >= 11 is 0. The van der Waals surface area contributed by atoms with Crippen molar-refractivity contribution in [2.45, 2.75) is 51.0 Å². The molecule has 36 heavy (non-hydrogen) atoms. The fraction of sp³-hybridized carbons (Fsp3) is 0.296. The molecule has 9 heteroatoms. The first-order valence-electron chi connectivity index (χ1n) is 12.0. The molecule has 0 aliphatic carbocycles. The molecule has 4 rings (SSSR count). The van der Waals surface area contributed by atoms with E-state index in [4.69, 9.17) is 9.31 Å². The van der Waals surface area contributed by atoms with Gasteiger partial charge in [0.2, 0.25) is 0 Å². The molecule has 2 aromatic heterocycles. The van der Waals surface area contributed by atoms with Crippen LogP contribution in [-0.2, 0) is 25.8 Å². The second-order valence-electron chi connectivity index (χ2n) is 9.14. The van der Waals surface area contributed by atoms with Gasteiger partial charge in [0.05, 0.1) is 4.90 Å². The first kappa shape index (κ1) is 26.1. The maximum Gasteiger partial charge on any atom is 0.495 e. The van der Waals surface area contributed by atoms with E-state index in [0.29, 0.717) is 28.7 Å². The summed E-state index contributed by atoms with van der Waals surface area (Å²) in [5.41, 5.74) is 1.22. The lowest BCUT2D eigenvalue weighted by Gasteiger charge is -2.28. The zero-order valence-electron chi connectivity index (χ0n) is 20.9. The largest absolute Gasteiger partial charge is 0.495 e. The summed E-state index contributed by atoms with van der Waals surface area (Å²) < 4.78 is 55.8. The van der Waals surface area contributed by atoms with Crippen LogP contribution in [0.4, 0.5) is 4.39 Å². The zero-order valence-corrected chi connectivity index (χ0v) is 21.8. The van der Waals surface area contributed by atoms with Crippen LogP contribution in [-0.4, -0.2) is 36.7 Å². The van der Waals surface area contributed by atoms with Gasteiger partial charge in [-0.15, -0.1) is 0 Å². The van der Waals surface area contributed by atoms with Crippen molar-refractivity contribution < 1.29 is 22.1 Å². The topological polar surface area (TPSA) is 70.4 Å². The molecule has 188 valence electrons. The van der Waals surface area contributed by atoms with Gasteiger partial charge in [0.15, 0.2) is 5.65 Å². The third-order valence-electron chi connectivity index (χ3n) is 6.23. The molecule has 0 saturated heterocycles. The molecule has 0 fully saturated rings. The second kappa shape index (κ2) is 10.5. The standard InChI is InChI=1S/C27H30BFN2O4S/c1-5-27(3,4)35-28(34-6-2)24-16-17-30-26-23(24)19-21(18-20-12-10-11-15-25(20)29)31(26)36(32,33)22-13-8-7-9-14-22/h7-17,19H,5-6,18H2,1-4H3. The molecule has 0 N–H and O–H groups in total. The molecule has 0 spiro atoms. The quantitative estimate of drug-likeness (QED) is 0.284. The Bertz CT molecular complexity index is 1460. The molecular weight excluding hydrogens is 478 g/mol. The molecule has 6 nitrogen and oxygen atoms in total. The van der Waals surface area contributed by atoms with Crippen molar-refractivity contribution in [3.05, 3.63) is 90.0 Å². The Morgan fingerprint density at radius 1 is 1.03 bits per heavy atom. The summed E-state index contributed by atoms with van der Waals surface area (Å²) in [7, 11) is -4.76. The lowest BCUT2D eigenvalue weighted by atomic mass is 9.76. The minimum atomic E-state index is -4.03. The summed E-state index contributed by atoms with van der Waals surface area (Å²) in [6.45, 7) is 8.26. The van der Waals surface area contributed by atoms with Gasteiger partial charge in [-0.1, -0.05) is 43.3 Å². The number of nitrogens with zero attached hydrogens (tertiary/aromatic N) is 2. The Balaban J connectivity index is 1.96. The average molecular weight is 508 g/mol. The molecule has 0 aliphatic rings. The van der Waals surface area contributed by atoms with Crippen LogP contribution in [0.3, 0.4) is 0 Å². The molecule has 0 unspecified atom stereocenters. The maximum atomic E-state index is 14.6. The van der Waals surface area contributed by atoms with Gasteiger partial charge >= 0.3 is 7.12 Å². The Hall–Kier alpha value is -3.01. The lowest BCUT2D eigenvalue weighted by Crippen LogP contribution is -2.44. The van der Waals surface area contributed by atoms with Gasteiger partial charge in [0.1, 0.15) is 5.82 Å². The monoisotopic (exact) mass is 508 g/mol. The van der Waals surface area contributed by atoms with Crippen LogP contribution in [0.25, 0.3) is 11.0 Å². The first-order chi connectivity index (χ1) is 17.2. The van der Waals surface area contributed by atoms with Gasteiger partial charge in [-0.3, -0.25) is 0 Å². The minimum Gasteiger partial charge on any atom is -0.408 e. The lowest BCUT2D eigenvalue weighted by molar-refractivity contribution is 0.0707. The third-order valence-corrected chi connectivity index (χ3v) is 7.98. The molecule has 0 bridgehead atoms. The zero-order chi connectivity index (χ0) is 25.9. The fourth-order valence-electron chi connectivity index (χ4n) is 3.99. The number of hydrogen-bond donors (Lipinski definition) is 0. The first-order valence-corrected chi connectivity index (χ1v) is 13.4. The van der Waals surface area contributed by atoms with E-state index in [0.717, 1.165) is 6.42 Å². The average Bonchev–Trinajstić information content (AvgIpc) is 3.24. The number of pyridine rings is 1. The second-order valence-corrected chi connectivity index (χ2v) is 10.9. The minimum absolute atomic E-state index is 0.0646. The third kappa shape index (κ3) is 5.23. The summed E-state index contributed by atoms with van der Waals surface area (Å²) in [5.74, 6) is -0.403. The van der Waals surface area contributed by atoms with Crippen LogP contribution in [0.1, 0.15) is 45.4 Å². The molecule has 2 aromatic carbocycles. The van der Waals surface area contributed by atoms with E-state index in [2.05, 4.69) is 4.98 Å². The normalized spacial score (nSPS) is 12.2. The summed E-state index contributed by atoms with van der Waals surface area (Å²) in [6, 6.07) is 18.0. The number of aromatic nitrogens is 2. The van der Waals surface area contributed by atoms with Gasteiger partial charge in [-0.05, 0) is 68.6 Å². The van der Waals surface area contributed by atoms with Crippen molar-refractivity contribution >= 4 is 33.6 Å². The van der Waals surface area contributed by atoms with Crippen LogP contribution < -0.4 is 5.46 Å². The SMILES string of the molecule is CCOB(OC(C)(C)CC)c1ccnc2c1cc(Cc1ccccc1F)n2S(=O)(=O)c1ccccc1. The molecule has 0 saturated carbocycles. The van der Waals surface area contributed by atoms with Gasteiger partial charge < -0.3 is 9.31 Å². The summed E-state index contributed by atoms with van der Waals surface area (Å²) in [4.78, 5) is 4.58. The summed E-state index contributed by atoms with van der Waals surface area (Å²) in [6.07, 6.45) is 2.37.